The molecular formula is C16H14N2OS2. The number of hydrogen-bond donors (Lipinski definition) is 0. The van der Waals surface area contributed by atoms with Gasteiger partial charge in [0.2, 0.25) is 0 Å². The minimum Gasteiger partial charge on any atom is -0.463 e. The highest BCUT2D eigenvalue weighted by Crippen LogP contribution is 2.43. The second kappa shape index (κ2) is 5.00. The molecule has 2 aromatic rings. The molecule has 5 heteroatoms. The van der Waals surface area contributed by atoms with E-state index in [2.05, 4.69) is 34.9 Å². The number of amidine groups is 1. The molecule has 1 aromatic heterocycles. The van der Waals surface area contributed by atoms with Crippen molar-refractivity contribution in [1.82, 2.24) is 4.90 Å². The van der Waals surface area contributed by atoms with Gasteiger partial charge >= 0.3 is 0 Å². The molecule has 2 aliphatic heterocycles. The lowest BCUT2D eigenvalue weighted by molar-refractivity contribution is 0.608. The number of nitrogens with zero attached hydrogens (tertiary/aromatic N) is 2. The maximum Gasteiger partial charge on any atom is 0.168 e. The summed E-state index contributed by atoms with van der Waals surface area (Å²) >= 11 is 3.42. The van der Waals surface area contributed by atoms with Crippen LogP contribution in [-0.4, -0.2) is 29.4 Å². The highest BCUT2D eigenvalue weighted by atomic mass is 32.2. The number of fused-ring (bicyclic) bond motifs is 2. The standard InChI is InChI=1S/C16H14N2OS2/c1-3-12-14(18-6-5-17-16(18)21-12)11-8-10-4-7-19-15(10)13(9-11)20-2/h3-4,7-9H,1,5-6H2,2H3. The number of hydrogen-bond acceptors (Lipinski definition) is 5. The van der Waals surface area contributed by atoms with Crippen LogP contribution in [-0.2, 0) is 0 Å². The molecule has 0 radical (unpaired) electrons. The molecule has 0 N–H and O–H groups in total. The molecular weight excluding hydrogens is 300 g/mol. The van der Waals surface area contributed by atoms with E-state index in [0.717, 1.165) is 34.1 Å². The van der Waals surface area contributed by atoms with Gasteiger partial charge in [0.25, 0.3) is 0 Å². The molecule has 3 heterocycles. The zero-order valence-electron chi connectivity index (χ0n) is 11.6. The third kappa shape index (κ3) is 1.95. The summed E-state index contributed by atoms with van der Waals surface area (Å²) in [4.78, 5) is 9.21. The van der Waals surface area contributed by atoms with Gasteiger partial charge in [-0.05, 0) is 36.2 Å². The van der Waals surface area contributed by atoms with Crippen LogP contribution in [0.2, 0.25) is 0 Å². The van der Waals surface area contributed by atoms with E-state index in [-0.39, 0.29) is 0 Å². The summed E-state index contributed by atoms with van der Waals surface area (Å²) < 4.78 is 5.60. The van der Waals surface area contributed by atoms with Gasteiger partial charge in [0.1, 0.15) is 5.58 Å². The Balaban J connectivity index is 1.92. The Morgan fingerprint density at radius 1 is 1.48 bits per heavy atom. The van der Waals surface area contributed by atoms with Crippen molar-refractivity contribution in [3.8, 4) is 0 Å². The summed E-state index contributed by atoms with van der Waals surface area (Å²) in [5.41, 5.74) is 3.40. The topological polar surface area (TPSA) is 28.7 Å². The monoisotopic (exact) mass is 314 g/mol. The van der Waals surface area contributed by atoms with Gasteiger partial charge in [-0.15, -0.1) is 11.8 Å². The van der Waals surface area contributed by atoms with E-state index >= 15 is 0 Å². The number of rotatable bonds is 3. The smallest absolute Gasteiger partial charge is 0.168 e. The first-order valence-electron chi connectivity index (χ1n) is 6.74. The number of allylic oxidation sites excluding steroid dienone is 1. The number of furan rings is 1. The molecule has 3 nitrogen and oxygen atoms in total. The van der Waals surface area contributed by atoms with Crippen LogP contribution in [0.4, 0.5) is 0 Å². The van der Waals surface area contributed by atoms with Crippen LogP contribution >= 0.6 is 23.5 Å². The maximum atomic E-state index is 5.60. The Morgan fingerprint density at radius 2 is 2.38 bits per heavy atom. The molecule has 21 heavy (non-hydrogen) atoms. The normalized spacial score (nSPS) is 17.6. The zero-order valence-corrected chi connectivity index (χ0v) is 13.3. The Morgan fingerprint density at radius 3 is 3.19 bits per heavy atom. The van der Waals surface area contributed by atoms with Crippen LogP contribution in [0.3, 0.4) is 0 Å². The summed E-state index contributed by atoms with van der Waals surface area (Å²) in [6.45, 7) is 5.78. The molecule has 0 amide bonds. The van der Waals surface area contributed by atoms with Gasteiger partial charge in [0, 0.05) is 22.4 Å². The second-order valence-corrected chi connectivity index (χ2v) is 6.71. The zero-order chi connectivity index (χ0) is 14.4. The third-order valence-corrected chi connectivity index (χ3v) is 5.56. The van der Waals surface area contributed by atoms with E-state index in [9.17, 15) is 0 Å². The molecule has 106 valence electrons. The summed E-state index contributed by atoms with van der Waals surface area (Å²) in [6, 6.07) is 6.42. The van der Waals surface area contributed by atoms with Gasteiger partial charge in [-0.25, -0.2) is 0 Å². The molecule has 0 bridgehead atoms. The van der Waals surface area contributed by atoms with Gasteiger partial charge in [-0.1, -0.05) is 12.7 Å². The summed E-state index contributed by atoms with van der Waals surface area (Å²) in [6.07, 6.45) is 5.76. The Kier molecular flexibility index (Phi) is 3.12. The van der Waals surface area contributed by atoms with Gasteiger partial charge in [-0.3, -0.25) is 4.99 Å². The van der Waals surface area contributed by atoms with Crippen molar-refractivity contribution < 1.29 is 4.42 Å². The van der Waals surface area contributed by atoms with E-state index < -0.39 is 0 Å². The molecule has 0 fully saturated rings. The predicted molar refractivity (Wildman–Crippen MR) is 91.7 cm³/mol. The highest BCUT2D eigenvalue weighted by molar-refractivity contribution is 8.17. The van der Waals surface area contributed by atoms with E-state index in [1.165, 1.54) is 16.2 Å². The lowest BCUT2D eigenvalue weighted by atomic mass is 10.1. The lowest BCUT2D eigenvalue weighted by Crippen LogP contribution is -2.20. The maximum absolute atomic E-state index is 5.60. The average molecular weight is 314 g/mol. The van der Waals surface area contributed by atoms with Crippen molar-refractivity contribution in [3.63, 3.8) is 0 Å². The second-order valence-electron chi connectivity index (χ2n) is 4.85. The number of thioether (sulfide) groups is 2. The molecule has 0 atom stereocenters. The molecule has 0 spiro atoms. The first-order chi connectivity index (χ1) is 10.3. The molecule has 1 aromatic carbocycles. The molecule has 2 aliphatic rings. The Bertz CT molecular complexity index is 804. The molecule has 4 rings (SSSR count). The molecule has 0 saturated heterocycles. The summed E-state index contributed by atoms with van der Waals surface area (Å²) in [5, 5.41) is 2.24. The summed E-state index contributed by atoms with van der Waals surface area (Å²) in [5.74, 6) is 0. The van der Waals surface area contributed by atoms with Gasteiger partial charge < -0.3 is 9.32 Å². The van der Waals surface area contributed by atoms with Crippen molar-refractivity contribution in [2.45, 2.75) is 4.90 Å². The fraction of sp³-hybridized carbons (Fsp3) is 0.188. The quantitative estimate of drug-likeness (QED) is 0.784. The lowest BCUT2D eigenvalue weighted by Gasteiger charge is -2.17. The van der Waals surface area contributed by atoms with Crippen LogP contribution < -0.4 is 0 Å². The first-order valence-corrected chi connectivity index (χ1v) is 8.78. The number of aliphatic imine (C=N–C) groups is 1. The van der Waals surface area contributed by atoms with E-state index in [1.807, 2.05) is 12.1 Å². The van der Waals surface area contributed by atoms with E-state index in [1.54, 1.807) is 29.8 Å². The van der Waals surface area contributed by atoms with Crippen molar-refractivity contribution in [2.24, 2.45) is 4.99 Å². The van der Waals surface area contributed by atoms with Crippen molar-refractivity contribution in [3.05, 3.63) is 47.6 Å². The minimum atomic E-state index is 0.875. The minimum absolute atomic E-state index is 0.875. The fourth-order valence-electron chi connectivity index (χ4n) is 2.78. The average Bonchev–Trinajstić information content (AvgIpc) is 3.19. The molecule has 0 aliphatic carbocycles. The SMILES string of the molecule is C=CC1=C(c2cc(SC)c3occc3c2)N2CCN=C2S1. The van der Waals surface area contributed by atoms with Crippen LogP contribution in [0, 0.1) is 0 Å². The van der Waals surface area contributed by atoms with Crippen molar-refractivity contribution in [2.75, 3.05) is 19.3 Å². The van der Waals surface area contributed by atoms with E-state index in [4.69, 9.17) is 4.42 Å². The Labute approximate surface area is 131 Å². The van der Waals surface area contributed by atoms with Crippen molar-refractivity contribution >= 4 is 45.4 Å². The van der Waals surface area contributed by atoms with Crippen LogP contribution in [0.25, 0.3) is 16.7 Å². The Hall–Kier alpha value is -1.59. The molecule has 0 saturated carbocycles. The van der Waals surface area contributed by atoms with Crippen LogP contribution in [0.1, 0.15) is 5.56 Å². The summed E-state index contributed by atoms with van der Waals surface area (Å²) in [7, 11) is 0. The highest BCUT2D eigenvalue weighted by Gasteiger charge is 2.32. The van der Waals surface area contributed by atoms with Crippen molar-refractivity contribution in [1.29, 1.82) is 0 Å². The number of benzene rings is 1. The third-order valence-electron chi connectivity index (χ3n) is 3.70. The van der Waals surface area contributed by atoms with Gasteiger partial charge in [-0.2, -0.15) is 0 Å². The largest absolute Gasteiger partial charge is 0.463 e. The van der Waals surface area contributed by atoms with Gasteiger partial charge in [0.05, 0.1) is 23.4 Å². The van der Waals surface area contributed by atoms with Gasteiger partial charge in [0.15, 0.2) is 5.17 Å². The first kappa shape index (κ1) is 13.1. The van der Waals surface area contributed by atoms with E-state index in [0.29, 0.717) is 0 Å². The van der Waals surface area contributed by atoms with Crippen LogP contribution in [0.15, 0.2) is 56.3 Å². The van der Waals surface area contributed by atoms with Crippen LogP contribution in [0.5, 0.6) is 0 Å². The fourth-order valence-corrected chi connectivity index (χ4v) is 4.42. The predicted octanol–water partition coefficient (Wildman–Crippen LogP) is 4.43. The molecule has 0 unspecified atom stereocenters.